The molecule has 0 amide bonds. The minimum absolute atomic E-state index is 0.225. The van der Waals surface area contributed by atoms with E-state index in [9.17, 15) is 4.79 Å². The Morgan fingerprint density at radius 2 is 2.29 bits per heavy atom. The molecule has 5 heteroatoms. The summed E-state index contributed by atoms with van der Waals surface area (Å²) in [5.74, 6) is 1.85. The van der Waals surface area contributed by atoms with Crippen LogP contribution in [0.2, 0.25) is 5.15 Å². The summed E-state index contributed by atoms with van der Waals surface area (Å²) in [6, 6.07) is 0.430. The molecule has 0 radical (unpaired) electrons. The van der Waals surface area contributed by atoms with Crippen molar-refractivity contribution >= 4 is 23.7 Å². The highest BCUT2D eigenvalue weighted by Gasteiger charge is 2.36. The smallest absolute Gasteiger partial charge is 0.156 e. The van der Waals surface area contributed by atoms with Crippen molar-refractivity contribution in [1.82, 2.24) is 9.97 Å². The third kappa shape index (κ3) is 2.75. The van der Waals surface area contributed by atoms with E-state index in [-0.39, 0.29) is 5.15 Å². The van der Waals surface area contributed by atoms with Crippen molar-refractivity contribution in [2.24, 2.45) is 5.92 Å². The van der Waals surface area contributed by atoms with Crippen molar-refractivity contribution in [2.75, 3.05) is 5.32 Å². The number of carbonyl (C=O) groups is 1. The molecular weight excluding hydrogens is 238 g/mol. The summed E-state index contributed by atoms with van der Waals surface area (Å²) in [6.07, 6.45) is 4.26. The van der Waals surface area contributed by atoms with Crippen molar-refractivity contribution in [1.29, 1.82) is 0 Å². The van der Waals surface area contributed by atoms with Crippen molar-refractivity contribution in [3.63, 3.8) is 0 Å². The number of nitrogens with one attached hydrogen (secondary N) is 1. The van der Waals surface area contributed by atoms with Crippen LogP contribution in [-0.2, 0) is 0 Å². The first-order valence-electron chi connectivity index (χ1n) is 5.91. The van der Waals surface area contributed by atoms with Crippen LogP contribution in [0.3, 0.4) is 0 Å². The van der Waals surface area contributed by atoms with E-state index in [1.807, 2.05) is 0 Å². The molecule has 1 aliphatic rings. The van der Waals surface area contributed by atoms with Gasteiger partial charge in [-0.2, -0.15) is 0 Å². The fraction of sp³-hybridized carbons (Fsp3) is 0.583. The molecule has 0 saturated heterocycles. The second kappa shape index (κ2) is 5.00. The van der Waals surface area contributed by atoms with Gasteiger partial charge in [0.2, 0.25) is 0 Å². The molecule has 1 aromatic heterocycles. The van der Waals surface area contributed by atoms with Crippen molar-refractivity contribution < 1.29 is 4.79 Å². The molecule has 2 unspecified atom stereocenters. The third-order valence-corrected chi connectivity index (χ3v) is 3.32. The number of aromatic nitrogens is 2. The van der Waals surface area contributed by atoms with Crippen molar-refractivity contribution in [2.45, 2.75) is 39.2 Å². The average Bonchev–Trinajstić information content (AvgIpc) is 2.96. The van der Waals surface area contributed by atoms with Gasteiger partial charge in [0.25, 0.3) is 0 Å². The van der Waals surface area contributed by atoms with Crippen LogP contribution >= 0.6 is 11.6 Å². The molecule has 1 fully saturated rings. The lowest BCUT2D eigenvalue weighted by Crippen LogP contribution is -2.10. The molecule has 1 heterocycles. The first-order valence-corrected chi connectivity index (χ1v) is 6.29. The lowest BCUT2D eigenvalue weighted by Gasteiger charge is -2.09. The maximum absolute atomic E-state index is 11.0. The van der Waals surface area contributed by atoms with Crippen LogP contribution < -0.4 is 5.32 Å². The van der Waals surface area contributed by atoms with Gasteiger partial charge < -0.3 is 5.32 Å². The quantitative estimate of drug-likeness (QED) is 0.648. The molecule has 0 aromatic carbocycles. The Hall–Kier alpha value is -1.16. The molecule has 0 bridgehead atoms. The Bertz CT molecular complexity index is 436. The highest BCUT2D eigenvalue weighted by molar-refractivity contribution is 6.32. The largest absolute Gasteiger partial charge is 0.366 e. The maximum atomic E-state index is 11.0. The molecule has 0 aliphatic heterocycles. The Labute approximate surface area is 106 Å². The number of aryl methyl sites for hydroxylation is 1. The molecule has 1 aliphatic carbocycles. The summed E-state index contributed by atoms with van der Waals surface area (Å²) < 4.78 is 0. The van der Waals surface area contributed by atoms with Gasteiger partial charge in [0.15, 0.2) is 6.29 Å². The summed E-state index contributed by atoms with van der Waals surface area (Å²) >= 11 is 5.91. The van der Waals surface area contributed by atoms with Gasteiger partial charge in [0.1, 0.15) is 16.8 Å². The standard InChI is InChI=1S/C12H16ClN3O/c1-3-4-8-5-10(8)16-12-9(6-17)11(13)14-7(2)15-12/h6,8,10H,3-5H2,1-2H3,(H,14,15,16). The maximum Gasteiger partial charge on any atom is 0.156 e. The number of carbonyl (C=O) groups excluding carboxylic acids is 1. The lowest BCUT2D eigenvalue weighted by atomic mass is 10.2. The molecule has 2 rings (SSSR count). The number of aldehydes is 1. The summed E-state index contributed by atoms with van der Waals surface area (Å²) in [4.78, 5) is 19.2. The van der Waals surface area contributed by atoms with E-state index in [0.29, 0.717) is 35.5 Å². The minimum atomic E-state index is 0.225. The molecule has 1 N–H and O–H groups in total. The Morgan fingerprint density at radius 3 is 2.94 bits per heavy atom. The normalized spacial score (nSPS) is 22.3. The number of anilines is 1. The van der Waals surface area contributed by atoms with Crippen LogP contribution in [0.1, 0.15) is 42.4 Å². The zero-order valence-electron chi connectivity index (χ0n) is 10.0. The molecule has 1 saturated carbocycles. The van der Waals surface area contributed by atoms with Crippen molar-refractivity contribution in [3.8, 4) is 0 Å². The zero-order chi connectivity index (χ0) is 12.4. The summed E-state index contributed by atoms with van der Waals surface area (Å²) in [5, 5.41) is 3.51. The van der Waals surface area contributed by atoms with Crippen LogP contribution in [0.5, 0.6) is 0 Å². The third-order valence-electron chi connectivity index (χ3n) is 3.03. The van der Waals surface area contributed by atoms with Gasteiger partial charge in [-0.25, -0.2) is 9.97 Å². The van der Waals surface area contributed by atoms with E-state index >= 15 is 0 Å². The van der Waals surface area contributed by atoms with Crippen LogP contribution in [0.25, 0.3) is 0 Å². The zero-order valence-corrected chi connectivity index (χ0v) is 10.8. The first kappa shape index (κ1) is 12.3. The summed E-state index contributed by atoms with van der Waals surface area (Å²) in [7, 11) is 0. The van der Waals surface area contributed by atoms with Gasteiger partial charge in [-0.15, -0.1) is 0 Å². The van der Waals surface area contributed by atoms with Crippen LogP contribution in [-0.4, -0.2) is 22.3 Å². The highest BCUT2D eigenvalue weighted by Crippen LogP contribution is 2.37. The second-order valence-electron chi connectivity index (χ2n) is 4.48. The van der Waals surface area contributed by atoms with Crippen LogP contribution in [0.15, 0.2) is 0 Å². The molecule has 1 aromatic rings. The van der Waals surface area contributed by atoms with E-state index in [0.717, 1.165) is 6.42 Å². The van der Waals surface area contributed by atoms with Crippen LogP contribution in [0.4, 0.5) is 5.82 Å². The van der Waals surface area contributed by atoms with E-state index < -0.39 is 0 Å². The summed E-state index contributed by atoms with van der Waals surface area (Å²) in [6.45, 7) is 3.94. The first-order chi connectivity index (χ1) is 8.15. The van der Waals surface area contributed by atoms with E-state index in [4.69, 9.17) is 11.6 Å². The Balaban J connectivity index is 2.13. The fourth-order valence-electron chi connectivity index (χ4n) is 2.05. The topological polar surface area (TPSA) is 54.9 Å². The number of halogens is 1. The number of nitrogens with zero attached hydrogens (tertiary/aromatic N) is 2. The average molecular weight is 254 g/mol. The predicted octanol–water partition coefficient (Wildman–Crippen LogP) is 2.85. The van der Waals surface area contributed by atoms with E-state index in [2.05, 4.69) is 22.2 Å². The van der Waals surface area contributed by atoms with Crippen LogP contribution in [0, 0.1) is 12.8 Å². The van der Waals surface area contributed by atoms with Gasteiger partial charge in [-0.3, -0.25) is 4.79 Å². The SMILES string of the molecule is CCCC1CC1Nc1nc(C)nc(Cl)c1C=O. The molecule has 4 nitrogen and oxygen atoms in total. The predicted molar refractivity (Wildman–Crippen MR) is 67.6 cm³/mol. The Kier molecular flexibility index (Phi) is 3.62. The van der Waals surface area contributed by atoms with E-state index in [1.165, 1.54) is 12.8 Å². The van der Waals surface area contributed by atoms with Gasteiger partial charge in [-0.1, -0.05) is 24.9 Å². The molecule has 17 heavy (non-hydrogen) atoms. The fourth-order valence-corrected chi connectivity index (χ4v) is 2.31. The number of hydrogen-bond donors (Lipinski definition) is 1. The minimum Gasteiger partial charge on any atom is -0.366 e. The molecule has 0 spiro atoms. The molecule has 92 valence electrons. The van der Waals surface area contributed by atoms with Gasteiger partial charge >= 0.3 is 0 Å². The monoisotopic (exact) mass is 253 g/mol. The van der Waals surface area contributed by atoms with Crippen molar-refractivity contribution in [3.05, 3.63) is 16.5 Å². The molecular formula is C12H16ClN3O. The Morgan fingerprint density at radius 1 is 1.53 bits per heavy atom. The molecule has 2 atom stereocenters. The number of hydrogen-bond acceptors (Lipinski definition) is 4. The highest BCUT2D eigenvalue weighted by atomic mass is 35.5. The van der Waals surface area contributed by atoms with Gasteiger partial charge in [0.05, 0.1) is 5.56 Å². The van der Waals surface area contributed by atoms with Gasteiger partial charge in [0, 0.05) is 6.04 Å². The lowest BCUT2D eigenvalue weighted by molar-refractivity contribution is 0.112. The van der Waals surface area contributed by atoms with Gasteiger partial charge in [-0.05, 0) is 25.7 Å². The van der Waals surface area contributed by atoms with E-state index in [1.54, 1.807) is 6.92 Å². The number of rotatable bonds is 5. The summed E-state index contributed by atoms with van der Waals surface area (Å²) in [5.41, 5.74) is 0.361. The second-order valence-corrected chi connectivity index (χ2v) is 4.84.